The van der Waals surface area contributed by atoms with Crippen molar-refractivity contribution in [1.82, 2.24) is 9.80 Å². The minimum atomic E-state index is -0.285. The normalized spacial score (nSPS) is 19.6. The van der Waals surface area contributed by atoms with E-state index in [0.717, 1.165) is 16.7 Å². The second-order valence-electron chi connectivity index (χ2n) is 8.86. The Kier molecular flexibility index (Phi) is 5.78. The summed E-state index contributed by atoms with van der Waals surface area (Å²) in [5.74, 6) is 2.35. The van der Waals surface area contributed by atoms with Crippen LogP contribution in [0.3, 0.4) is 0 Å². The van der Waals surface area contributed by atoms with Crippen LogP contribution in [0.5, 0.6) is 5.75 Å². The maximum atomic E-state index is 13.3. The van der Waals surface area contributed by atoms with Gasteiger partial charge in [0.25, 0.3) is 0 Å². The number of benzene rings is 3. The molecular formula is C28H25FN2O3. The highest BCUT2D eigenvalue weighted by atomic mass is 19.1. The van der Waals surface area contributed by atoms with Crippen molar-refractivity contribution in [2.45, 2.75) is 32.5 Å². The van der Waals surface area contributed by atoms with Gasteiger partial charge < -0.3 is 9.64 Å². The summed E-state index contributed by atoms with van der Waals surface area (Å²) < 4.78 is 19.5. The van der Waals surface area contributed by atoms with Crippen molar-refractivity contribution >= 4 is 11.7 Å². The molecule has 3 aromatic rings. The van der Waals surface area contributed by atoms with Crippen molar-refractivity contribution in [2.75, 3.05) is 13.3 Å². The van der Waals surface area contributed by atoms with Crippen molar-refractivity contribution in [3.63, 3.8) is 0 Å². The molecule has 0 saturated carbocycles. The van der Waals surface area contributed by atoms with Crippen LogP contribution in [0.2, 0.25) is 0 Å². The fourth-order valence-electron chi connectivity index (χ4n) is 4.90. The molecule has 172 valence electrons. The molecular weight excluding hydrogens is 431 g/mol. The van der Waals surface area contributed by atoms with E-state index in [-0.39, 0.29) is 30.4 Å². The fourth-order valence-corrected chi connectivity index (χ4v) is 4.90. The van der Waals surface area contributed by atoms with Gasteiger partial charge in [-0.05, 0) is 48.7 Å². The summed E-state index contributed by atoms with van der Waals surface area (Å²) in [5, 5.41) is 0. The SMILES string of the molecule is C[C@@H]1C(=C=O)N(Cc2ccc(F)cc2)[C@@H](C)CN1COc1cccc2c1C(=O)c1ccccc1-2. The molecule has 0 N–H and O–H groups in total. The average Bonchev–Trinajstić information content (AvgIpc) is 3.15. The van der Waals surface area contributed by atoms with Gasteiger partial charge in [0.05, 0.1) is 11.6 Å². The van der Waals surface area contributed by atoms with Gasteiger partial charge >= 0.3 is 0 Å². The first-order valence-electron chi connectivity index (χ1n) is 11.4. The molecule has 1 fully saturated rings. The number of rotatable bonds is 5. The zero-order valence-corrected chi connectivity index (χ0v) is 19.1. The molecule has 0 amide bonds. The second-order valence-corrected chi connectivity index (χ2v) is 8.86. The molecule has 1 aliphatic carbocycles. The Morgan fingerprint density at radius 2 is 1.68 bits per heavy atom. The number of hydrogen-bond acceptors (Lipinski definition) is 5. The monoisotopic (exact) mass is 456 g/mol. The highest BCUT2D eigenvalue weighted by Crippen LogP contribution is 2.41. The quantitative estimate of drug-likeness (QED) is 0.408. The number of ketones is 1. The summed E-state index contributed by atoms with van der Waals surface area (Å²) in [6, 6.07) is 19.4. The summed E-state index contributed by atoms with van der Waals surface area (Å²) in [6.07, 6.45) is 0. The number of nitrogens with zero attached hydrogens (tertiary/aromatic N) is 2. The van der Waals surface area contributed by atoms with Gasteiger partial charge in [0.2, 0.25) is 0 Å². The number of hydrogen-bond donors (Lipinski definition) is 0. The number of halogens is 1. The van der Waals surface area contributed by atoms with Gasteiger partial charge in [0.15, 0.2) is 5.78 Å². The van der Waals surface area contributed by atoms with Crippen LogP contribution in [0.15, 0.2) is 72.4 Å². The Bertz CT molecular complexity index is 1300. The van der Waals surface area contributed by atoms with Crippen LogP contribution in [0.4, 0.5) is 4.39 Å². The van der Waals surface area contributed by atoms with Gasteiger partial charge in [-0.15, -0.1) is 0 Å². The Morgan fingerprint density at radius 1 is 0.971 bits per heavy atom. The lowest BCUT2D eigenvalue weighted by Crippen LogP contribution is -2.55. The first-order chi connectivity index (χ1) is 16.5. The van der Waals surface area contributed by atoms with E-state index in [0.29, 0.717) is 35.7 Å². The summed E-state index contributed by atoms with van der Waals surface area (Å²) in [7, 11) is 0. The number of piperazine rings is 1. The third kappa shape index (κ3) is 3.81. The molecule has 5 rings (SSSR count). The minimum Gasteiger partial charge on any atom is -0.477 e. The molecule has 3 aromatic carbocycles. The highest BCUT2D eigenvalue weighted by molar-refractivity contribution is 6.23. The van der Waals surface area contributed by atoms with E-state index in [1.54, 1.807) is 12.1 Å². The van der Waals surface area contributed by atoms with E-state index >= 15 is 0 Å². The fraction of sp³-hybridized carbons (Fsp3) is 0.250. The standard InChI is InChI=1S/C28H25FN2O3/c1-18-14-30(19(2)25(16-32)31(18)15-20-10-12-21(29)13-11-20)17-34-26-9-5-8-23-22-6-3-4-7-24(22)28(33)27(23)26/h3-13,18-19H,14-15,17H2,1-2H3/t18-,19+/m0/s1. The summed E-state index contributed by atoms with van der Waals surface area (Å²) >= 11 is 0. The number of carbonyl (C=O) groups excluding carboxylic acids is 2. The van der Waals surface area contributed by atoms with E-state index in [1.165, 1.54) is 12.1 Å². The Morgan fingerprint density at radius 3 is 2.41 bits per heavy atom. The van der Waals surface area contributed by atoms with Crippen molar-refractivity contribution < 1.29 is 18.7 Å². The Labute approximate surface area is 198 Å². The predicted molar refractivity (Wildman–Crippen MR) is 128 cm³/mol. The zero-order valence-electron chi connectivity index (χ0n) is 19.1. The number of ether oxygens (including phenoxy) is 1. The third-order valence-corrected chi connectivity index (χ3v) is 6.76. The van der Waals surface area contributed by atoms with Crippen molar-refractivity contribution in [3.8, 4) is 16.9 Å². The molecule has 0 aromatic heterocycles. The topological polar surface area (TPSA) is 49.9 Å². The largest absolute Gasteiger partial charge is 0.477 e. The summed E-state index contributed by atoms with van der Waals surface area (Å²) in [4.78, 5) is 29.1. The molecule has 1 saturated heterocycles. The van der Waals surface area contributed by atoms with E-state index in [2.05, 4.69) is 10.8 Å². The molecule has 0 bridgehead atoms. The van der Waals surface area contributed by atoms with Crippen LogP contribution in [0.1, 0.15) is 35.3 Å². The molecule has 2 atom stereocenters. The van der Waals surface area contributed by atoms with Crippen molar-refractivity contribution in [2.24, 2.45) is 0 Å². The number of fused-ring (bicyclic) bond motifs is 3. The van der Waals surface area contributed by atoms with Crippen LogP contribution < -0.4 is 4.74 Å². The number of carbonyl (C=O) groups is 1. The molecule has 2 aliphatic rings. The van der Waals surface area contributed by atoms with Gasteiger partial charge in [0.1, 0.15) is 29.9 Å². The molecule has 0 unspecified atom stereocenters. The van der Waals surface area contributed by atoms with Gasteiger partial charge in [-0.2, -0.15) is 0 Å². The molecule has 0 radical (unpaired) electrons. The van der Waals surface area contributed by atoms with E-state index < -0.39 is 0 Å². The lowest BCUT2D eigenvalue weighted by molar-refractivity contribution is 0.0283. The van der Waals surface area contributed by atoms with E-state index in [4.69, 9.17) is 4.74 Å². The molecule has 1 aliphatic heterocycles. The lowest BCUT2D eigenvalue weighted by Gasteiger charge is -2.45. The molecule has 5 nitrogen and oxygen atoms in total. The van der Waals surface area contributed by atoms with Crippen LogP contribution in [-0.4, -0.2) is 46.9 Å². The summed E-state index contributed by atoms with van der Waals surface area (Å²) in [6.45, 7) is 5.39. The van der Waals surface area contributed by atoms with Crippen LogP contribution >= 0.6 is 0 Å². The highest BCUT2D eigenvalue weighted by Gasteiger charge is 2.35. The van der Waals surface area contributed by atoms with Gasteiger partial charge in [-0.25, -0.2) is 9.18 Å². The average molecular weight is 457 g/mol. The minimum absolute atomic E-state index is 0.0219. The molecule has 34 heavy (non-hydrogen) atoms. The Balaban J connectivity index is 1.33. The molecule has 0 spiro atoms. The van der Waals surface area contributed by atoms with Crippen molar-refractivity contribution in [3.05, 3.63) is 94.9 Å². The van der Waals surface area contributed by atoms with Gasteiger partial charge in [-0.1, -0.05) is 48.5 Å². The van der Waals surface area contributed by atoms with Crippen LogP contribution in [0, 0.1) is 5.82 Å². The van der Waals surface area contributed by atoms with E-state index in [1.807, 2.05) is 61.2 Å². The first-order valence-corrected chi connectivity index (χ1v) is 11.4. The second kappa shape index (κ2) is 8.90. The summed E-state index contributed by atoms with van der Waals surface area (Å²) in [5.41, 5.74) is 4.55. The maximum Gasteiger partial charge on any atom is 0.198 e. The zero-order chi connectivity index (χ0) is 23.8. The first kappa shape index (κ1) is 22.1. The maximum absolute atomic E-state index is 13.3. The predicted octanol–water partition coefficient (Wildman–Crippen LogP) is 4.68. The molecule has 1 heterocycles. The van der Waals surface area contributed by atoms with Gasteiger partial charge in [0, 0.05) is 24.7 Å². The lowest BCUT2D eigenvalue weighted by atomic mass is 10.0. The Hall–Kier alpha value is -3.73. The van der Waals surface area contributed by atoms with Crippen molar-refractivity contribution in [1.29, 1.82) is 0 Å². The van der Waals surface area contributed by atoms with Crippen LogP contribution in [-0.2, 0) is 11.3 Å². The van der Waals surface area contributed by atoms with Crippen LogP contribution in [0.25, 0.3) is 11.1 Å². The molecule has 6 heteroatoms. The smallest absolute Gasteiger partial charge is 0.198 e. The van der Waals surface area contributed by atoms with E-state index in [9.17, 15) is 14.0 Å². The third-order valence-electron chi connectivity index (χ3n) is 6.76. The van der Waals surface area contributed by atoms with Gasteiger partial charge in [-0.3, -0.25) is 9.69 Å².